The summed E-state index contributed by atoms with van der Waals surface area (Å²) in [6.45, 7) is 10.6. The van der Waals surface area contributed by atoms with Crippen LogP contribution in [0.5, 0.6) is 0 Å². The van der Waals surface area contributed by atoms with Crippen LogP contribution in [-0.2, 0) is 10.2 Å². The van der Waals surface area contributed by atoms with E-state index in [-0.39, 0.29) is 12.1 Å². The smallest absolute Gasteiger partial charge is 0.410 e. The molecule has 0 bridgehead atoms. The van der Waals surface area contributed by atoms with Gasteiger partial charge in [0.15, 0.2) is 0 Å². The molecule has 30 heavy (non-hydrogen) atoms. The number of amides is 1. The van der Waals surface area contributed by atoms with Gasteiger partial charge in [-0.15, -0.1) is 0 Å². The molecular formula is C22H28N6O2. The van der Waals surface area contributed by atoms with E-state index >= 15 is 0 Å². The molecule has 8 heteroatoms. The van der Waals surface area contributed by atoms with Gasteiger partial charge >= 0.3 is 6.09 Å². The normalized spacial score (nSPS) is 16.2. The van der Waals surface area contributed by atoms with Crippen molar-refractivity contribution in [2.24, 2.45) is 0 Å². The molecule has 0 spiro atoms. The molecule has 1 aliphatic rings. The molecule has 0 unspecified atom stereocenters. The molecule has 3 aromatic rings. The standard InChI is InChI=1S/C22H28N6O2/c1-21(2,3)30-20(29)27-10-7-14(8-11-27)28-17-15-6-9-24-18(15)25-12-16(17)26-19(28)22(4,5)13-23/h6,9,12,14H,7-8,10-11H2,1-5H3,(H,24,25). The predicted molar refractivity (Wildman–Crippen MR) is 114 cm³/mol. The Kier molecular flexibility index (Phi) is 4.72. The van der Waals surface area contributed by atoms with Gasteiger partial charge < -0.3 is 19.2 Å². The molecule has 4 heterocycles. The number of nitrogens with one attached hydrogen (secondary N) is 1. The average molecular weight is 409 g/mol. The van der Waals surface area contributed by atoms with Crippen LogP contribution in [0, 0.1) is 11.3 Å². The van der Waals surface area contributed by atoms with Crippen molar-refractivity contribution in [3.63, 3.8) is 0 Å². The Labute approximate surface area is 175 Å². The van der Waals surface area contributed by atoms with Crippen molar-refractivity contribution in [2.75, 3.05) is 13.1 Å². The summed E-state index contributed by atoms with van der Waals surface area (Å²) in [7, 11) is 0. The molecule has 1 aliphatic heterocycles. The zero-order valence-corrected chi connectivity index (χ0v) is 18.2. The lowest BCUT2D eigenvalue weighted by molar-refractivity contribution is 0.0188. The quantitative estimate of drug-likeness (QED) is 0.682. The first-order chi connectivity index (χ1) is 14.1. The number of fused-ring (bicyclic) bond motifs is 3. The molecule has 0 radical (unpaired) electrons. The van der Waals surface area contributed by atoms with Crippen LogP contribution in [0.15, 0.2) is 18.5 Å². The Balaban J connectivity index is 1.72. The van der Waals surface area contributed by atoms with Gasteiger partial charge in [0, 0.05) is 30.7 Å². The summed E-state index contributed by atoms with van der Waals surface area (Å²) in [5.41, 5.74) is 1.33. The number of hydrogen-bond acceptors (Lipinski definition) is 5. The minimum atomic E-state index is -0.746. The van der Waals surface area contributed by atoms with Crippen molar-refractivity contribution < 1.29 is 9.53 Å². The topological polar surface area (TPSA) is 99.8 Å². The van der Waals surface area contributed by atoms with Crippen LogP contribution in [0.3, 0.4) is 0 Å². The van der Waals surface area contributed by atoms with E-state index in [0.717, 1.165) is 40.7 Å². The molecule has 0 saturated carbocycles. The van der Waals surface area contributed by atoms with Crippen molar-refractivity contribution in [1.82, 2.24) is 24.4 Å². The van der Waals surface area contributed by atoms with Crippen molar-refractivity contribution in [2.45, 2.75) is 64.5 Å². The van der Waals surface area contributed by atoms with Gasteiger partial charge in [0.25, 0.3) is 0 Å². The van der Waals surface area contributed by atoms with Crippen LogP contribution >= 0.6 is 0 Å². The predicted octanol–water partition coefficient (Wildman–Crippen LogP) is 4.29. The third-order valence-corrected chi connectivity index (χ3v) is 5.55. The van der Waals surface area contributed by atoms with Gasteiger partial charge in [0.1, 0.15) is 28.0 Å². The van der Waals surface area contributed by atoms with Crippen LogP contribution in [-0.4, -0.2) is 49.2 Å². The van der Waals surface area contributed by atoms with Gasteiger partial charge in [-0.05, 0) is 53.5 Å². The van der Waals surface area contributed by atoms with E-state index in [4.69, 9.17) is 9.72 Å². The summed E-state index contributed by atoms with van der Waals surface area (Å²) in [6, 6.07) is 4.53. The maximum Gasteiger partial charge on any atom is 0.410 e. The number of pyridine rings is 1. The highest BCUT2D eigenvalue weighted by Crippen LogP contribution is 2.36. The molecule has 3 aromatic heterocycles. The number of piperidine rings is 1. The summed E-state index contributed by atoms with van der Waals surface area (Å²) >= 11 is 0. The van der Waals surface area contributed by atoms with E-state index < -0.39 is 11.0 Å². The highest BCUT2D eigenvalue weighted by atomic mass is 16.6. The molecule has 0 atom stereocenters. The number of H-pyrrole nitrogens is 1. The molecule has 158 valence electrons. The Morgan fingerprint density at radius 1 is 1.27 bits per heavy atom. The van der Waals surface area contributed by atoms with Gasteiger partial charge in [-0.2, -0.15) is 5.26 Å². The number of rotatable bonds is 2. The third kappa shape index (κ3) is 3.49. The van der Waals surface area contributed by atoms with E-state index in [1.54, 1.807) is 11.1 Å². The van der Waals surface area contributed by atoms with Gasteiger partial charge in [-0.25, -0.2) is 14.8 Å². The number of nitriles is 1. The number of nitrogens with zero attached hydrogens (tertiary/aromatic N) is 5. The highest BCUT2D eigenvalue weighted by Gasteiger charge is 2.34. The van der Waals surface area contributed by atoms with Crippen LogP contribution in [0.4, 0.5) is 4.79 Å². The van der Waals surface area contributed by atoms with E-state index in [0.29, 0.717) is 13.1 Å². The summed E-state index contributed by atoms with van der Waals surface area (Å²) in [5, 5.41) is 10.8. The number of carbonyl (C=O) groups excluding carboxylic acids is 1. The van der Waals surface area contributed by atoms with Crippen LogP contribution in [0.25, 0.3) is 22.1 Å². The fourth-order valence-corrected chi connectivity index (χ4v) is 4.07. The number of imidazole rings is 1. The second-order valence-electron chi connectivity index (χ2n) is 9.47. The molecule has 0 aliphatic carbocycles. The Hall–Kier alpha value is -3.08. The number of aromatic nitrogens is 4. The Morgan fingerprint density at radius 2 is 1.97 bits per heavy atom. The molecule has 1 saturated heterocycles. The molecule has 1 amide bonds. The zero-order valence-electron chi connectivity index (χ0n) is 18.2. The van der Waals surface area contributed by atoms with E-state index in [9.17, 15) is 10.1 Å². The fourth-order valence-electron chi connectivity index (χ4n) is 4.07. The van der Waals surface area contributed by atoms with E-state index in [1.807, 2.05) is 46.9 Å². The first-order valence-electron chi connectivity index (χ1n) is 10.3. The number of ether oxygens (including phenoxy) is 1. The maximum absolute atomic E-state index is 12.5. The lowest BCUT2D eigenvalue weighted by Gasteiger charge is -2.35. The van der Waals surface area contributed by atoms with Crippen LogP contribution < -0.4 is 0 Å². The van der Waals surface area contributed by atoms with Crippen molar-refractivity contribution in [3.8, 4) is 6.07 Å². The monoisotopic (exact) mass is 408 g/mol. The van der Waals surface area contributed by atoms with Crippen molar-refractivity contribution in [3.05, 3.63) is 24.3 Å². The molecule has 0 aromatic carbocycles. The fraction of sp³-hybridized carbons (Fsp3) is 0.545. The molecular weight excluding hydrogens is 380 g/mol. The second kappa shape index (κ2) is 7.01. The Morgan fingerprint density at radius 3 is 2.60 bits per heavy atom. The largest absolute Gasteiger partial charge is 0.444 e. The molecule has 1 fully saturated rings. The zero-order chi connectivity index (χ0) is 21.7. The Bertz CT molecular complexity index is 1140. The lowest BCUT2D eigenvalue weighted by atomic mass is 9.93. The van der Waals surface area contributed by atoms with Gasteiger partial charge in [0.05, 0.1) is 17.8 Å². The van der Waals surface area contributed by atoms with Gasteiger partial charge in [-0.3, -0.25) is 0 Å². The van der Waals surface area contributed by atoms with Crippen molar-refractivity contribution >= 4 is 28.2 Å². The van der Waals surface area contributed by atoms with E-state index in [2.05, 4.69) is 20.6 Å². The minimum absolute atomic E-state index is 0.136. The summed E-state index contributed by atoms with van der Waals surface area (Å²) in [5.74, 6) is 0.742. The summed E-state index contributed by atoms with van der Waals surface area (Å²) in [6.07, 6.45) is 4.90. The van der Waals surface area contributed by atoms with Crippen molar-refractivity contribution in [1.29, 1.82) is 5.26 Å². The molecule has 1 N–H and O–H groups in total. The molecule has 4 rings (SSSR count). The number of carbonyl (C=O) groups is 1. The van der Waals surface area contributed by atoms with Crippen LogP contribution in [0.2, 0.25) is 0 Å². The lowest BCUT2D eigenvalue weighted by Crippen LogP contribution is -2.42. The minimum Gasteiger partial charge on any atom is -0.444 e. The van der Waals surface area contributed by atoms with Gasteiger partial charge in [0.2, 0.25) is 0 Å². The first-order valence-corrected chi connectivity index (χ1v) is 10.3. The van der Waals surface area contributed by atoms with Crippen LogP contribution in [0.1, 0.15) is 59.3 Å². The summed E-state index contributed by atoms with van der Waals surface area (Å²) in [4.78, 5) is 26.7. The SMILES string of the molecule is CC(C)(C)OC(=O)N1CCC(n2c(C(C)(C)C#N)nc3cnc4[nH]ccc4c32)CC1. The number of aromatic amines is 1. The van der Waals surface area contributed by atoms with E-state index in [1.165, 1.54) is 0 Å². The second-order valence-corrected chi connectivity index (χ2v) is 9.47. The highest BCUT2D eigenvalue weighted by molar-refractivity contribution is 6.01. The number of likely N-dealkylation sites (tertiary alicyclic amines) is 1. The number of hydrogen-bond donors (Lipinski definition) is 1. The average Bonchev–Trinajstić information content (AvgIpc) is 3.31. The first kappa shape index (κ1) is 20.2. The summed E-state index contributed by atoms with van der Waals surface area (Å²) < 4.78 is 7.74. The maximum atomic E-state index is 12.5. The third-order valence-electron chi connectivity index (χ3n) is 5.55. The van der Waals surface area contributed by atoms with Gasteiger partial charge in [-0.1, -0.05) is 0 Å². The molecule has 8 nitrogen and oxygen atoms in total.